The van der Waals surface area contributed by atoms with Gasteiger partial charge >= 0.3 is 12.1 Å². The largest absolute Gasteiger partial charge is 0.465 e. The topological polar surface area (TPSA) is 79.8 Å². The average Bonchev–Trinajstić information content (AvgIpc) is 3.10. The summed E-state index contributed by atoms with van der Waals surface area (Å²) in [5.41, 5.74) is 6.35. The molecule has 6 rings (SSSR count). The maximum atomic E-state index is 12.1. The Kier molecular flexibility index (Phi) is 11.3. The van der Waals surface area contributed by atoms with Gasteiger partial charge in [0.2, 0.25) is 0 Å². The molecule has 2 aromatic rings. The zero-order valence-electron chi connectivity index (χ0n) is 28.7. The Balaban J connectivity index is 1.06. The molecule has 1 aliphatic carbocycles. The number of anilines is 1. The second-order valence-corrected chi connectivity index (χ2v) is 14.9. The summed E-state index contributed by atoms with van der Waals surface area (Å²) >= 11 is 6.29. The number of piperidine rings is 1. The first-order valence-electron chi connectivity index (χ1n) is 17.9. The maximum absolute atomic E-state index is 12.1. The Morgan fingerprint density at radius 2 is 1.52 bits per heavy atom. The molecule has 9 nitrogen and oxygen atoms in total. The van der Waals surface area contributed by atoms with Gasteiger partial charge in [-0.15, -0.1) is 0 Å². The summed E-state index contributed by atoms with van der Waals surface area (Å²) in [6.45, 7) is 16.4. The van der Waals surface area contributed by atoms with Gasteiger partial charge in [-0.1, -0.05) is 36.2 Å². The van der Waals surface area contributed by atoms with Crippen LogP contribution in [0.15, 0.2) is 54.1 Å². The van der Waals surface area contributed by atoms with Gasteiger partial charge in [-0.2, -0.15) is 0 Å². The summed E-state index contributed by atoms with van der Waals surface area (Å²) < 4.78 is 5.15. The highest BCUT2D eigenvalue weighted by molar-refractivity contribution is 6.30. The molecule has 0 bridgehead atoms. The number of hydrogen-bond acceptors (Lipinski definition) is 7. The molecule has 0 unspecified atom stereocenters. The van der Waals surface area contributed by atoms with Crippen LogP contribution in [0.1, 0.15) is 61.9 Å². The minimum absolute atomic E-state index is 0.225. The number of allylic oxidation sites excluding steroid dienone is 1. The van der Waals surface area contributed by atoms with E-state index in [-0.39, 0.29) is 11.4 Å². The smallest absolute Gasteiger partial charge is 0.407 e. The molecule has 260 valence electrons. The van der Waals surface area contributed by atoms with Crippen molar-refractivity contribution in [2.45, 2.75) is 52.0 Å². The lowest BCUT2D eigenvalue weighted by Crippen LogP contribution is -2.55. The van der Waals surface area contributed by atoms with Crippen molar-refractivity contribution in [3.05, 3.63) is 70.3 Å². The Hall–Kier alpha value is -3.11. The van der Waals surface area contributed by atoms with Crippen LogP contribution in [0.2, 0.25) is 5.02 Å². The second-order valence-electron chi connectivity index (χ2n) is 14.4. The number of esters is 1. The van der Waals surface area contributed by atoms with E-state index in [1.54, 1.807) is 10.5 Å². The summed E-state index contributed by atoms with van der Waals surface area (Å²) in [4.78, 5) is 35.3. The molecule has 10 heteroatoms. The third kappa shape index (κ3) is 8.54. The molecule has 2 aromatic carbocycles. The zero-order chi connectivity index (χ0) is 33.7. The van der Waals surface area contributed by atoms with Crippen LogP contribution in [-0.4, -0.2) is 128 Å². The number of nitrogens with zero attached hydrogens (tertiary/aromatic N) is 5. The summed E-state index contributed by atoms with van der Waals surface area (Å²) in [5, 5.41) is 10.1. The fourth-order valence-corrected chi connectivity index (χ4v) is 8.43. The van der Waals surface area contributed by atoms with Gasteiger partial charge in [0.1, 0.15) is 0 Å². The number of carbonyl (C=O) groups excluding carboxylic acids is 1. The first kappa shape index (κ1) is 34.7. The molecule has 1 atom stereocenters. The van der Waals surface area contributed by atoms with Crippen LogP contribution in [0, 0.1) is 5.41 Å². The van der Waals surface area contributed by atoms with Crippen LogP contribution in [-0.2, 0) is 4.74 Å². The van der Waals surface area contributed by atoms with Crippen molar-refractivity contribution in [1.82, 2.24) is 19.6 Å². The molecule has 0 spiro atoms. The Morgan fingerprint density at radius 1 is 0.875 bits per heavy atom. The lowest BCUT2D eigenvalue weighted by atomic mass is 9.71. The molecular formula is C38H52ClN5O4. The van der Waals surface area contributed by atoms with Gasteiger partial charge in [0, 0.05) is 95.3 Å². The number of likely N-dealkylation sites (tertiary alicyclic amines) is 1. The molecule has 0 aromatic heterocycles. The number of amides is 1. The van der Waals surface area contributed by atoms with Gasteiger partial charge < -0.3 is 24.5 Å². The molecule has 4 aliphatic rings. The molecule has 1 N–H and O–H groups in total. The van der Waals surface area contributed by atoms with Crippen molar-refractivity contribution in [2.24, 2.45) is 5.41 Å². The number of carbonyl (C=O) groups is 2. The zero-order valence-corrected chi connectivity index (χ0v) is 29.5. The van der Waals surface area contributed by atoms with Crippen LogP contribution in [0.4, 0.5) is 10.5 Å². The minimum Gasteiger partial charge on any atom is -0.465 e. The van der Waals surface area contributed by atoms with Crippen molar-refractivity contribution in [2.75, 3.05) is 90.0 Å². The monoisotopic (exact) mass is 677 g/mol. The van der Waals surface area contributed by atoms with E-state index in [0.29, 0.717) is 31.3 Å². The van der Waals surface area contributed by atoms with Gasteiger partial charge in [0.15, 0.2) is 0 Å². The van der Waals surface area contributed by atoms with E-state index in [0.717, 1.165) is 102 Å². The van der Waals surface area contributed by atoms with Gasteiger partial charge in [-0.3, -0.25) is 9.80 Å². The van der Waals surface area contributed by atoms with Crippen LogP contribution in [0.5, 0.6) is 0 Å². The number of carboxylic acid groups (broad SMARTS) is 1. The molecule has 3 aliphatic heterocycles. The van der Waals surface area contributed by atoms with Crippen molar-refractivity contribution in [3.8, 4) is 0 Å². The Morgan fingerprint density at radius 3 is 2.15 bits per heavy atom. The number of halogens is 1. The first-order valence-corrected chi connectivity index (χ1v) is 18.2. The third-order valence-electron chi connectivity index (χ3n) is 11.0. The predicted molar refractivity (Wildman–Crippen MR) is 192 cm³/mol. The van der Waals surface area contributed by atoms with Crippen LogP contribution in [0.3, 0.4) is 0 Å². The normalized spacial score (nSPS) is 23.8. The number of rotatable bonds is 9. The molecule has 3 saturated heterocycles. The first-order chi connectivity index (χ1) is 23.2. The van der Waals surface area contributed by atoms with E-state index in [1.807, 2.05) is 43.3 Å². The van der Waals surface area contributed by atoms with Crippen molar-refractivity contribution < 1.29 is 19.4 Å². The van der Waals surface area contributed by atoms with E-state index in [9.17, 15) is 14.7 Å². The molecule has 1 amide bonds. The molecule has 0 saturated carbocycles. The van der Waals surface area contributed by atoms with E-state index in [2.05, 4.69) is 38.7 Å². The maximum Gasteiger partial charge on any atom is 0.407 e. The molecule has 3 heterocycles. The minimum atomic E-state index is -0.784. The fourth-order valence-electron chi connectivity index (χ4n) is 8.31. The summed E-state index contributed by atoms with van der Waals surface area (Å²) in [6.07, 6.45) is 4.48. The summed E-state index contributed by atoms with van der Waals surface area (Å²) in [7, 11) is 0. The van der Waals surface area contributed by atoms with E-state index >= 15 is 0 Å². The quantitative estimate of drug-likeness (QED) is 0.322. The predicted octanol–water partition coefficient (Wildman–Crippen LogP) is 6.04. The lowest BCUT2D eigenvalue weighted by Gasteiger charge is -2.46. The highest BCUT2D eigenvalue weighted by Crippen LogP contribution is 2.44. The number of piperazine rings is 2. The van der Waals surface area contributed by atoms with Crippen molar-refractivity contribution >= 4 is 34.9 Å². The third-order valence-corrected chi connectivity index (χ3v) is 11.3. The standard InChI is InChI=1S/C38H52ClN5O4/c1-3-48-36(45)30-6-10-33(11-7-30)42-22-18-40(19-23-42)27-31-26-38(2,15-12-35(31)29-4-8-32(39)9-5-29)28-41-20-24-43(25-21-41)34-13-16-44(17-14-34)37(46)47/h4-11,34H,3,12-28H2,1-2H3,(H,46,47)/t38-/m1/s1. The highest BCUT2D eigenvalue weighted by Gasteiger charge is 2.36. The van der Waals surface area contributed by atoms with Gasteiger partial charge in [-0.05, 0) is 92.0 Å². The van der Waals surface area contributed by atoms with Crippen molar-refractivity contribution in [3.63, 3.8) is 0 Å². The Bertz CT molecular complexity index is 1430. The Labute approximate surface area is 291 Å². The second kappa shape index (κ2) is 15.6. The van der Waals surface area contributed by atoms with Crippen molar-refractivity contribution in [1.29, 1.82) is 0 Å². The van der Waals surface area contributed by atoms with Gasteiger partial charge in [0.05, 0.1) is 12.2 Å². The molecule has 0 radical (unpaired) electrons. The van der Waals surface area contributed by atoms with Crippen LogP contribution in [0.25, 0.3) is 5.57 Å². The molecular weight excluding hydrogens is 626 g/mol. The van der Waals surface area contributed by atoms with E-state index in [4.69, 9.17) is 16.3 Å². The van der Waals surface area contributed by atoms with E-state index < -0.39 is 6.09 Å². The van der Waals surface area contributed by atoms with Gasteiger partial charge in [0.25, 0.3) is 0 Å². The fraction of sp³-hybridized carbons (Fsp3) is 0.579. The van der Waals surface area contributed by atoms with E-state index in [1.165, 1.54) is 17.6 Å². The number of ether oxygens (including phenoxy) is 1. The molecule has 3 fully saturated rings. The average molecular weight is 678 g/mol. The highest BCUT2D eigenvalue weighted by atomic mass is 35.5. The number of benzene rings is 2. The van der Waals surface area contributed by atoms with Gasteiger partial charge in [-0.25, -0.2) is 9.59 Å². The summed E-state index contributed by atoms with van der Waals surface area (Å²) in [5.74, 6) is -0.268. The number of hydrogen-bond donors (Lipinski definition) is 1. The summed E-state index contributed by atoms with van der Waals surface area (Å²) in [6, 6.07) is 16.8. The van der Waals surface area contributed by atoms with Crippen LogP contribution < -0.4 is 4.90 Å². The van der Waals surface area contributed by atoms with Crippen LogP contribution >= 0.6 is 11.6 Å². The SMILES string of the molecule is CCOC(=O)c1ccc(N2CCN(CC3=C(c4ccc(Cl)cc4)CC[C@@](C)(CN4CCN(C5CCN(C(=O)O)CC5)CC4)C3)CC2)cc1. The lowest BCUT2D eigenvalue weighted by molar-refractivity contribution is 0.0410. The molecule has 48 heavy (non-hydrogen) atoms.